The average Bonchev–Trinajstić information content (AvgIpc) is 4.34. The van der Waals surface area contributed by atoms with Gasteiger partial charge in [0.25, 0.3) is 5.91 Å². The molecule has 0 radical (unpaired) electrons. The summed E-state index contributed by atoms with van der Waals surface area (Å²) < 4.78 is 24.6. The van der Waals surface area contributed by atoms with Crippen LogP contribution in [0, 0.1) is 0 Å². The number of Topliss-reactive ketones (excluding diaryl/α,β-unsaturated/α-hetero) is 1. The molecule has 414 valence electrons. The van der Waals surface area contributed by atoms with Crippen LogP contribution in [0.5, 0.6) is 11.5 Å². The van der Waals surface area contributed by atoms with Crippen molar-refractivity contribution >= 4 is 65.2 Å². The maximum Gasteiger partial charge on any atom is 0.341 e. The molecule has 0 unspecified atom stereocenters. The number of amides is 1. The number of fused-ring (bicyclic) bond motifs is 2. The Bertz CT molecular complexity index is 3240. The van der Waals surface area contributed by atoms with Gasteiger partial charge in [-0.05, 0) is 110 Å². The lowest BCUT2D eigenvalue weighted by Crippen LogP contribution is -2.65. The number of hydrogen-bond donors (Lipinski definition) is 6. The van der Waals surface area contributed by atoms with Crippen LogP contribution in [-0.4, -0.2) is 93.3 Å². The molecule has 2 aliphatic rings. The molecule has 4 aromatic carbocycles. The van der Waals surface area contributed by atoms with Crippen molar-refractivity contribution < 1.29 is 70.6 Å². The summed E-state index contributed by atoms with van der Waals surface area (Å²) in [6, 6.07) is 26.8. The molecule has 0 saturated heterocycles. The van der Waals surface area contributed by atoms with Crippen molar-refractivity contribution in [2.24, 2.45) is 0 Å². The van der Waals surface area contributed by atoms with E-state index in [9.17, 15) is 34.2 Å². The summed E-state index contributed by atoms with van der Waals surface area (Å²) in [6.45, 7) is 1.07. The van der Waals surface area contributed by atoms with E-state index in [1.165, 1.54) is 32.6 Å². The Morgan fingerprint density at radius 2 is 1.18 bits per heavy atom. The number of carbonyl (C=O) groups excluding carboxylic acids is 2. The van der Waals surface area contributed by atoms with Crippen LogP contribution in [-0.2, 0) is 27.2 Å². The van der Waals surface area contributed by atoms with Gasteiger partial charge < -0.3 is 59.7 Å². The predicted octanol–water partition coefficient (Wildman–Crippen LogP) is 9.90. The lowest BCUT2D eigenvalue weighted by Gasteiger charge is -2.25. The summed E-state index contributed by atoms with van der Waals surface area (Å²) in [5.74, 6) is -1.35. The fraction of sp³-hybridized carbons (Fsp3) is 0.328. The number of aromatic carboxylic acids is 1. The van der Waals surface area contributed by atoms with Crippen molar-refractivity contribution in [3.63, 3.8) is 0 Å². The molecule has 10 rings (SSSR count). The zero-order chi connectivity index (χ0) is 55.0. The van der Waals surface area contributed by atoms with Gasteiger partial charge in [0.1, 0.15) is 47.8 Å². The molecule has 2 atom stereocenters. The Morgan fingerprint density at radius 1 is 0.705 bits per heavy atom. The molecule has 20 heteroatoms. The van der Waals surface area contributed by atoms with Crippen LogP contribution in [0.3, 0.4) is 0 Å². The van der Waals surface area contributed by atoms with E-state index >= 15 is 0 Å². The van der Waals surface area contributed by atoms with Crippen molar-refractivity contribution in [1.82, 2.24) is 24.4 Å². The zero-order valence-corrected chi connectivity index (χ0v) is 43.5. The third-order valence-corrected chi connectivity index (χ3v) is 13.6. The molecule has 8 aromatic rings. The molecule has 78 heavy (non-hydrogen) atoms. The third kappa shape index (κ3) is 15.3. The number of nitrogens with one attached hydrogen (secondary N) is 1. The largest absolute Gasteiger partial charge is 0.870 e. The number of ether oxygens (including phenoxy) is 1. The summed E-state index contributed by atoms with van der Waals surface area (Å²) in [7, 11) is 0. The first-order valence-corrected chi connectivity index (χ1v) is 25.1. The van der Waals surface area contributed by atoms with Gasteiger partial charge in [-0.1, -0.05) is 70.2 Å². The van der Waals surface area contributed by atoms with Crippen molar-refractivity contribution in [2.45, 2.75) is 116 Å². The number of carbonyl (C=O) groups is 5. The number of nitrogens with zero attached hydrogens (tertiary/aromatic N) is 4. The molecule has 4 aromatic heterocycles. The summed E-state index contributed by atoms with van der Waals surface area (Å²) in [4.78, 5) is 67.4. The number of aromatic hydroxyl groups is 1. The molecule has 19 nitrogen and oxygen atoms in total. The molecule has 9 N–H and O–H groups in total. The standard InChI is InChI=1S/C29H29N3O7.C18H18N2O3.C10H13NO2.CH4.H2O.H2S/c33-26(34)17-39-22-9-6-18(7-10-22)14-24(29(36)37)31-28(35)19-8-11-25-23(15-19)30-27(20-12-13-38-16-20)32(25)21-4-2-1-3-5-21;21-18(22)12-6-7-16-15(10-12)19-17(13-8-9-23-11-13)20(16)14-4-2-1-3-5-14;1-7(12)10(11)6-8-2-4-9(13)5-3-8;;;/h6-13,15-16,21,24H,1-5,14,17H2,(H,31,35)(H,33,34)(H,36,37);6-11,14H,1-5H2,(H,21,22);2-5,10,13H,6,11H2,1H3;1H4;2*1H2/t24-;;10-;;;/m0.0.../s1/i/hT. The minimum absolute atomic E-state index is 0. The highest BCUT2D eigenvalue weighted by Crippen LogP contribution is 2.38. The molecule has 0 aliphatic heterocycles. The van der Waals surface area contributed by atoms with Gasteiger partial charge in [0.2, 0.25) is 0 Å². The number of imidazole rings is 2. The van der Waals surface area contributed by atoms with E-state index in [-0.39, 0.29) is 50.5 Å². The molecule has 0 bridgehead atoms. The smallest absolute Gasteiger partial charge is 0.341 e. The SMILES string of the molecule is C.CC(=O)[C@@H]([NH3+])Cc1ccc(O)cc1.O=C(O)COc1ccc(C[C@H](NC(=O)c2ccc3c(c2)nc(-c2ccoc2)n3C2CCCCC2)C(=O)O)cc1.O=C(O)c1ccc2c(c1)nc(-c1ccoc1)n2C1CCCCC1.S.[3H][O-]. The minimum Gasteiger partial charge on any atom is -0.870 e. The van der Waals surface area contributed by atoms with E-state index in [0.29, 0.717) is 40.9 Å². The summed E-state index contributed by atoms with van der Waals surface area (Å²) in [6.07, 6.45) is 19.0. The van der Waals surface area contributed by atoms with Crippen LogP contribution in [0.25, 0.3) is 44.8 Å². The van der Waals surface area contributed by atoms with Crippen molar-refractivity contribution in [3.05, 3.63) is 144 Å². The highest BCUT2D eigenvalue weighted by atomic mass is 32.1. The second-order valence-corrected chi connectivity index (χ2v) is 19.0. The van der Waals surface area contributed by atoms with Crippen molar-refractivity contribution in [2.75, 3.05) is 6.61 Å². The monoisotopic (exact) mass is 1090 g/mol. The lowest BCUT2D eigenvalue weighted by molar-refractivity contribution is -0.402. The fourth-order valence-electron chi connectivity index (χ4n) is 9.68. The van der Waals surface area contributed by atoms with Gasteiger partial charge in [-0.15, -0.1) is 1.43 Å². The summed E-state index contributed by atoms with van der Waals surface area (Å²) in [5, 5.41) is 39.3. The fourth-order valence-corrected chi connectivity index (χ4v) is 9.68. The maximum absolute atomic E-state index is 13.1. The molecule has 2 saturated carbocycles. The number of quaternary nitrogens is 1. The van der Waals surface area contributed by atoms with Crippen LogP contribution in [0.15, 0.2) is 131 Å². The second kappa shape index (κ2) is 28.3. The number of phenolic OH excluding ortho intramolecular Hbond substituents is 1. The normalized spacial score (nSPS) is 14.2. The number of carboxylic acids is 3. The molecular formula is C58H68N6O13S. The van der Waals surface area contributed by atoms with Crippen LogP contribution in [0.1, 0.15) is 124 Å². The number of phenols is 1. The van der Waals surface area contributed by atoms with Gasteiger partial charge >= 0.3 is 17.9 Å². The van der Waals surface area contributed by atoms with Crippen LogP contribution in [0.4, 0.5) is 0 Å². The van der Waals surface area contributed by atoms with Crippen molar-refractivity contribution in [3.8, 4) is 34.3 Å². The Balaban J connectivity index is 0.000000242. The van der Waals surface area contributed by atoms with Crippen LogP contribution in [0.2, 0.25) is 0 Å². The van der Waals surface area contributed by atoms with E-state index in [4.69, 9.17) is 39.2 Å². The number of aliphatic carboxylic acids is 2. The summed E-state index contributed by atoms with van der Waals surface area (Å²) in [5.41, 5.74) is 18.6. The molecular weight excluding hydrogens is 1020 g/mol. The number of aromatic nitrogens is 4. The van der Waals surface area contributed by atoms with Gasteiger partial charge in [-0.25, -0.2) is 24.4 Å². The van der Waals surface area contributed by atoms with Gasteiger partial charge in [0, 0.05) is 37.4 Å². The van der Waals surface area contributed by atoms with E-state index < -0.39 is 36.5 Å². The first-order valence-electron chi connectivity index (χ1n) is 25.5. The molecule has 2 fully saturated rings. The zero-order valence-electron chi connectivity index (χ0n) is 43.5. The first-order chi connectivity index (χ1) is 37.2. The number of carboxylic acid groups (broad SMARTS) is 3. The van der Waals surface area contributed by atoms with E-state index in [2.05, 4.69) is 21.6 Å². The van der Waals surface area contributed by atoms with Gasteiger partial charge in [0.05, 0.1) is 51.3 Å². The highest BCUT2D eigenvalue weighted by molar-refractivity contribution is 7.59. The van der Waals surface area contributed by atoms with Crippen LogP contribution < -0.4 is 15.8 Å². The molecule has 2 aliphatic carbocycles. The van der Waals surface area contributed by atoms with E-state index in [1.54, 1.807) is 97.8 Å². The first kappa shape index (κ1) is 59.1. The van der Waals surface area contributed by atoms with Crippen LogP contribution >= 0.6 is 13.5 Å². The highest BCUT2D eigenvalue weighted by Gasteiger charge is 2.27. The van der Waals surface area contributed by atoms with E-state index in [1.807, 2.05) is 24.3 Å². The predicted molar refractivity (Wildman–Crippen MR) is 296 cm³/mol. The Kier molecular flexibility index (Phi) is 21.4. The van der Waals surface area contributed by atoms with Gasteiger partial charge in [-0.3, -0.25) is 9.59 Å². The Morgan fingerprint density at radius 3 is 1.63 bits per heavy atom. The quantitative estimate of drug-likeness (QED) is 0.0524. The van der Waals surface area contributed by atoms with Gasteiger partial charge in [-0.2, -0.15) is 13.5 Å². The second-order valence-electron chi connectivity index (χ2n) is 19.0. The lowest BCUT2D eigenvalue weighted by atomic mass is 9.95. The summed E-state index contributed by atoms with van der Waals surface area (Å²) >= 11 is 0. The number of furan rings is 2. The van der Waals surface area contributed by atoms with Crippen molar-refractivity contribution in [1.29, 1.82) is 0 Å². The molecule has 1 amide bonds. The average molecular weight is 1090 g/mol. The topological polar surface area (TPSA) is 307 Å². The molecule has 0 spiro atoms. The number of benzene rings is 4. The Labute approximate surface area is 459 Å². The maximum atomic E-state index is 13.1. The number of hydrogen-bond acceptors (Lipinski definition) is 12. The Hall–Kier alpha value is -8.20. The minimum atomic E-state index is -1.17. The van der Waals surface area contributed by atoms with E-state index in [0.717, 1.165) is 83.4 Å². The molecule has 4 heterocycles. The third-order valence-electron chi connectivity index (χ3n) is 13.6. The number of ketones is 1. The van der Waals surface area contributed by atoms with Gasteiger partial charge in [0.15, 0.2) is 12.4 Å². The number of rotatable bonds is 16.